The summed E-state index contributed by atoms with van der Waals surface area (Å²) in [5, 5.41) is 4.72. The van der Waals surface area contributed by atoms with Crippen molar-refractivity contribution in [3.05, 3.63) is 70.7 Å². The lowest BCUT2D eigenvalue weighted by atomic mass is 10.1. The summed E-state index contributed by atoms with van der Waals surface area (Å²) in [5.74, 6) is -0.206. The first kappa shape index (κ1) is 20.0. The molecule has 1 heterocycles. The predicted molar refractivity (Wildman–Crippen MR) is 112 cm³/mol. The van der Waals surface area contributed by atoms with Crippen molar-refractivity contribution in [2.24, 2.45) is 0 Å². The van der Waals surface area contributed by atoms with Crippen molar-refractivity contribution in [3.8, 4) is 0 Å². The van der Waals surface area contributed by atoms with Gasteiger partial charge in [-0.1, -0.05) is 36.8 Å². The molecule has 1 amide bonds. The number of aryl methyl sites for hydroxylation is 2. The number of rotatable bonds is 7. The second kappa shape index (κ2) is 8.53. The minimum atomic E-state index is -3.70. The van der Waals surface area contributed by atoms with E-state index in [1.165, 1.54) is 5.56 Å². The Morgan fingerprint density at radius 1 is 1.07 bits per heavy atom. The van der Waals surface area contributed by atoms with Crippen molar-refractivity contribution < 1.29 is 13.2 Å². The molecule has 6 nitrogen and oxygen atoms in total. The maximum Gasteiger partial charge on any atom is 0.263 e. The SMILES string of the molecule is CCc1ccc(NC(=O)Cc2csc(NS(=O)(=O)c3ccc(C)cc3)n2)cc1. The van der Waals surface area contributed by atoms with Gasteiger partial charge in [-0.15, -0.1) is 11.3 Å². The van der Waals surface area contributed by atoms with E-state index in [0.717, 1.165) is 29.0 Å². The van der Waals surface area contributed by atoms with Crippen LogP contribution in [-0.4, -0.2) is 19.3 Å². The number of benzene rings is 2. The number of hydrogen-bond acceptors (Lipinski definition) is 5. The molecule has 28 heavy (non-hydrogen) atoms. The summed E-state index contributed by atoms with van der Waals surface area (Å²) in [4.78, 5) is 16.6. The smallest absolute Gasteiger partial charge is 0.263 e. The van der Waals surface area contributed by atoms with Crippen molar-refractivity contribution >= 4 is 38.1 Å². The van der Waals surface area contributed by atoms with Crippen LogP contribution in [0.25, 0.3) is 0 Å². The Morgan fingerprint density at radius 3 is 2.39 bits per heavy atom. The van der Waals surface area contributed by atoms with E-state index in [9.17, 15) is 13.2 Å². The number of aromatic nitrogens is 1. The standard InChI is InChI=1S/C20H21N3O3S2/c1-3-15-6-8-16(9-7-15)21-19(24)12-17-13-27-20(22-17)23-28(25,26)18-10-4-14(2)5-11-18/h4-11,13H,3,12H2,1-2H3,(H,21,24)(H,22,23). The molecule has 146 valence electrons. The molecule has 1 aromatic heterocycles. The van der Waals surface area contributed by atoms with Gasteiger partial charge in [-0.3, -0.25) is 9.52 Å². The Kier molecular flexibility index (Phi) is 6.11. The van der Waals surface area contributed by atoms with Gasteiger partial charge in [0.1, 0.15) is 0 Å². The highest BCUT2D eigenvalue weighted by Gasteiger charge is 2.16. The van der Waals surface area contributed by atoms with E-state index in [1.807, 2.05) is 31.2 Å². The molecule has 0 atom stereocenters. The first-order valence-corrected chi connectivity index (χ1v) is 11.1. The van der Waals surface area contributed by atoms with E-state index < -0.39 is 10.0 Å². The number of nitrogens with one attached hydrogen (secondary N) is 2. The van der Waals surface area contributed by atoms with Gasteiger partial charge in [0.25, 0.3) is 10.0 Å². The maximum atomic E-state index is 12.4. The lowest BCUT2D eigenvalue weighted by Gasteiger charge is -2.06. The second-order valence-corrected chi connectivity index (χ2v) is 8.88. The zero-order valence-electron chi connectivity index (χ0n) is 15.6. The van der Waals surface area contributed by atoms with E-state index >= 15 is 0 Å². The van der Waals surface area contributed by atoms with Crippen molar-refractivity contribution in [1.29, 1.82) is 0 Å². The van der Waals surface area contributed by atoms with Crippen LogP contribution in [0, 0.1) is 6.92 Å². The van der Waals surface area contributed by atoms with Crippen molar-refractivity contribution in [2.45, 2.75) is 31.6 Å². The van der Waals surface area contributed by atoms with Gasteiger partial charge in [0.05, 0.1) is 17.0 Å². The number of sulfonamides is 1. The van der Waals surface area contributed by atoms with Gasteiger partial charge in [0, 0.05) is 11.1 Å². The van der Waals surface area contributed by atoms with Gasteiger partial charge in [0.2, 0.25) is 5.91 Å². The number of amides is 1. The first-order valence-electron chi connectivity index (χ1n) is 8.78. The molecule has 8 heteroatoms. The number of hydrogen-bond donors (Lipinski definition) is 2. The van der Waals surface area contributed by atoms with Crippen LogP contribution in [0.3, 0.4) is 0 Å². The lowest BCUT2D eigenvalue weighted by molar-refractivity contribution is -0.115. The van der Waals surface area contributed by atoms with Crippen LogP contribution in [-0.2, 0) is 27.7 Å². The molecule has 0 fully saturated rings. The summed E-state index contributed by atoms with van der Waals surface area (Å²) in [6.07, 6.45) is 1.01. The van der Waals surface area contributed by atoms with E-state index in [1.54, 1.807) is 29.6 Å². The third kappa shape index (κ3) is 5.17. The summed E-state index contributed by atoms with van der Waals surface area (Å²) >= 11 is 1.15. The number of carbonyl (C=O) groups is 1. The molecule has 2 aromatic carbocycles. The zero-order valence-corrected chi connectivity index (χ0v) is 17.2. The van der Waals surface area contributed by atoms with Crippen LogP contribution < -0.4 is 10.0 Å². The van der Waals surface area contributed by atoms with Crippen molar-refractivity contribution in [2.75, 3.05) is 10.0 Å². The fourth-order valence-corrected chi connectivity index (χ4v) is 4.48. The molecular formula is C20H21N3O3S2. The summed E-state index contributed by atoms with van der Waals surface area (Å²) in [6.45, 7) is 3.96. The van der Waals surface area contributed by atoms with Crippen LogP contribution in [0.2, 0.25) is 0 Å². The van der Waals surface area contributed by atoms with Crippen LogP contribution >= 0.6 is 11.3 Å². The summed E-state index contributed by atoms with van der Waals surface area (Å²) < 4.78 is 27.3. The van der Waals surface area contributed by atoms with Gasteiger partial charge in [-0.2, -0.15) is 0 Å². The molecule has 0 bridgehead atoms. The molecule has 0 saturated heterocycles. The van der Waals surface area contributed by atoms with Gasteiger partial charge >= 0.3 is 0 Å². The van der Waals surface area contributed by atoms with E-state index in [0.29, 0.717) is 5.69 Å². The third-order valence-corrected chi connectivity index (χ3v) is 6.38. The van der Waals surface area contributed by atoms with E-state index in [2.05, 4.69) is 21.9 Å². The molecule has 0 spiro atoms. The minimum Gasteiger partial charge on any atom is -0.326 e. The molecule has 3 rings (SSSR count). The fourth-order valence-electron chi connectivity index (χ4n) is 2.52. The normalized spacial score (nSPS) is 11.2. The quantitative estimate of drug-likeness (QED) is 0.611. The zero-order chi connectivity index (χ0) is 20.1. The fraction of sp³-hybridized carbons (Fsp3) is 0.200. The number of thiazole rings is 1. The van der Waals surface area contributed by atoms with Crippen LogP contribution in [0.15, 0.2) is 58.8 Å². The summed E-state index contributed by atoms with van der Waals surface area (Å²) in [6, 6.07) is 14.2. The van der Waals surface area contributed by atoms with E-state index in [-0.39, 0.29) is 22.4 Å². The van der Waals surface area contributed by atoms with Crippen LogP contribution in [0.1, 0.15) is 23.7 Å². The highest BCUT2D eigenvalue weighted by Crippen LogP contribution is 2.21. The molecular weight excluding hydrogens is 394 g/mol. The molecule has 3 aromatic rings. The number of carbonyl (C=O) groups excluding carboxylic acids is 1. The molecule has 2 N–H and O–H groups in total. The topological polar surface area (TPSA) is 88.2 Å². The molecule has 0 unspecified atom stereocenters. The summed E-state index contributed by atoms with van der Waals surface area (Å²) in [5.41, 5.74) is 3.40. The Balaban J connectivity index is 1.61. The number of nitrogens with zero attached hydrogens (tertiary/aromatic N) is 1. The Labute approximate surface area is 168 Å². The molecule has 0 radical (unpaired) electrons. The Bertz CT molecular complexity index is 1060. The number of anilines is 2. The molecule has 0 saturated carbocycles. The minimum absolute atomic E-state index is 0.0677. The highest BCUT2D eigenvalue weighted by atomic mass is 32.2. The molecule has 0 aliphatic carbocycles. The average Bonchev–Trinajstić information content (AvgIpc) is 3.08. The average molecular weight is 416 g/mol. The highest BCUT2D eigenvalue weighted by molar-refractivity contribution is 7.93. The molecule has 0 aliphatic rings. The maximum absolute atomic E-state index is 12.4. The largest absolute Gasteiger partial charge is 0.326 e. The van der Waals surface area contributed by atoms with Crippen molar-refractivity contribution in [3.63, 3.8) is 0 Å². The van der Waals surface area contributed by atoms with Crippen LogP contribution in [0.5, 0.6) is 0 Å². The van der Waals surface area contributed by atoms with Gasteiger partial charge in [-0.05, 0) is 43.2 Å². The van der Waals surface area contributed by atoms with E-state index in [4.69, 9.17) is 0 Å². The monoisotopic (exact) mass is 415 g/mol. The first-order chi connectivity index (χ1) is 13.4. The van der Waals surface area contributed by atoms with Crippen LogP contribution in [0.4, 0.5) is 10.8 Å². The predicted octanol–water partition coefficient (Wildman–Crippen LogP) is 4.00. The van der Waals surface area contributed by atoms with Crippen molar-refractivity contribution in [1.82, 2.24) is 4.98 Å². The Hall–Kier alpha value is -2.71. The Morgan fingerprint density at radius 2 is 1.75 bits per heavy atom. The van der Waals surface area contributed by atoms with Gasteiger partial charge in [-0.25, -0.2) is 13.4 Å². The molecule has 0 aliphatic heterocycles. The second-order valence-electron chi connectivity index (χ2n) is 6.34. The summed E-state index contributed by atoms with van der Waals surface area (Å²) in [7, 11) is -3.70. The van der Waals surface area contributed by atoms with Gasteiger partial charge in [0.15, 0.2) is 5.13 Å². The lowest BCUT2D eigenvalue weighted by Crippen LogP contribution is -2.15. The third-order valence-electron chi connectivity index (χ3n) is 4.09. The van der Waals surface area contributed by atoms with Gasteiger partial charge < -0.3 is 5.32 Å².